The summed E-state index contributed by atoms with van der Waals surface area (Å²) >= 11 is 0. The normalized spacial score (nSPS) is 14.5. The first-order valence-corrected chi connectivity index (χ1v) is 7.28. The Morgan fingerprint density at radius 3 is 2.62 bits per heavy atom. The molecule has 3 nitrogen and oxygen atoms in total. The molecule has 0 saturated heterocycles. The van der Waals surface area contributed by atoms with Gasteiger partial charge in [0.25, 0.3) is 5.91 Å². The number of aliphatic imine (C=N–C) groups is 1. The summed E-state index contributed by atoms with van der Waals surface area (Å²) in [6.07, 6.45) is 7.04. The summed E-state index contributed by atoms with van der Waals surface area (Å²) in [6.45, 7) is 8.00. The van der Waals surface area contributed by atoms with E-state index in [0.29, 0.717) is 5.92 Å². The van der Waals surface area contributed by atoms with Gasteiger partial charge in [-0.3, -0.25) is 4.79 Å². The van der Waals surface area contributed by atoms with Gasteiger partial charge in [-0.2, -0.15) is 0 Å². The topological polar surface area (TPSA) is 55.4 Å². The average molecular weight is 284 g/mol. The van der Waals surface area contributed by atoms with E-state index in [1.54, 1.807) is 13.0 Å². The largest absolute Gasteiger partial charge is 0.364 e. The predicted molar refractivity (Wildman–Crippen MR) is 90.1 cm³/mol. The second kappa shape index (κ2) is 8.20. The Morgan fingerprint density at radius 1 is 1.38 bits per heavy atom. The highest BCUT2D eigenvalue weighted by molar-refractivity contribution is 6.05. The van der Waals surface area contributed by atoms with E-state index in [1.165, 1.54) is 0 Å². The van der Waals surface area contributed by atoms with Gasteiger partial charge in [0.1, 0.15) is 5.70 Å². The number of carbonyl (C=O) groups excluding carboxylic acids is 1. The molecular formula is C18H24N2O. The smallest absolute Gasteiger partial charge is 0.266 e. The number of benzene rings is 1. The lowest BCUT2D eigenvalue weighted by Crippen LogP contribution is -2.13. The molecule has 0 unspecified atom stereocenters. The van der Waals surface area contributed by atoms with Crippen LogP contribution in [0, 0.1) is 5.92 Å². The van der Waals surface area contributed by atoms with Gasteiger partial charge in [-0.15, -0.1) is 0 Å². The number of amides is 1. The van der Waals surface area contributed by atoms with Crippen LogP contribution >= 0.6 is 0 Å². The minimum absolute atomic E-state index is 0.285. The van der Waals surface area contributed by atoms with Crippen molar-refractivity contribution in [1.82, 2.24) is 0 Å². The summed E-state index contributed by atoms with van der Waals surface area (Å²) in [5.74, 6) is 0.0245. The third-order valence-corrected chi connectivity index (χ3v) is 3.41. The zero-order valence-corrected chi connectivity index (χ0v) is 13.3. The molecule has 21 heavy (non-hydrogen) atoms. The average Bonchev–Trinajstić information content (AvgIpc) is 2.49. The monoisotopic (exact) mass is 284 g/mol. The molecule has 0 aliphatic carbocycles. The highest BCUT2D eigenvalue weighted by atomic mass is 16.1. The van der Waals surface area contributed by atoms with Crippen LogP contribution in [0.5, 0.6) is 0 Å². The van der Waals surface area contributed by atoms with Crippen LogP contribution in [-0.2, 0) is 4.79 Å². The lowest BCUT2D eigenvalue weighted by molar-refractivity contribution is -0.114. The summed E-state index contributed by atoms with van der Waals surface area (Å²) in [5, 5.41) is 0. The van der Waals surface area contributed by atoms with Crippen molar-refractivity contribution >= 4 is 17.7 Å². The summed E-state index contributed by atoms with van der Waals surface area (Å²) in [6, 6.07) is 8.02. The molecule has 0 bridgehead atoms. The van der Waals surface area contributed by atoms with Gasteiger partial charge in [0.15, 0.2) is 0 Å². The molecule has 0 aromatic heterocycles. The number of hydrogen-bond donors (Lipinski definition) is 1. The summed E-state index contributed by atoms with van der Waals surface area (Å²) < 4.78 is 0. The summed E-state index contributed by atoms with van der Waals surface area (Å²) in [4.78, 5) is 15.6. The highest BCUT2D eigenvalue weighted by Crippen LogP contribution is 2.15. The molecule has 0 radical (unpaired) electrons. The maximum absolute atomic E-state index is 11.3. The fraction of sp³-hybridized carbons (Fsp3) is 0.333. The minimum atomic E-state index is -0.510. The Kier molecular flexibility index (Phi) is 6.60. The predicted octanol–water partition coefficient (Wildman–Crippen LogP) is 3.94. The van der Waals surface area contributed by atoms with Gasteiger partial charge < -0.3 is 5.73 Å². The Hall–Kier alpha value is -2.16. The number of hydrogen-bond acceptors (Lipinski definition) is 2. The number of allylic oxidation sites excluding steroid dienone is 2. The molecule has 0 spiro atoms. The van der Waals surface area contributed by atoms with E-state index in [-0.39, 0.29) is 5.70 Å². The quantitative estimate of drug-likeness (QED) is 0.624. The standard InChI is InChI=1S/C18H24N2O/c1-5-13(3)11-12-15-9-7-8-10-16(15)14(4)20-17(6-2)18(19)21/h6-13H,5H2,1-4H3,(H2,19,21)/b12-11-,17-6-,20-14?/t13-/m1/s1. The van der Waals surface area contributed by atoms with Gasteiger partial charge in [-0.1, -0.05) is 62.8 Å². The van der Waals surface area contributed by atoms with Crippen LogP contribution in [0.25, 0.3) is 6.08 Å². The number of nitrogens with zero attached hydrogens (tertiary/aromatic N) is 1. The summed E-state index contributed by atoms with van der Waals surface area (Å²) in [5.41, 5.74) is 8.48. The van der Waals surface area contributed by atoms with Crippen molar-refractivity contribution in [3.8, 4) is 0 Å². The van der Waals surface area contributed by atoms with E-state index in [4.69, 9.17) is 5.73 Å². The number of rotatable bonds is 6. The Balaban J connectivity index is 3.16. The summed E-state index contributed by atoms with van der Waals surface area (Å²) in [7, 11) is 0. The van der Waals surface area contributed by atoms with Gasteiger partial charge in [0.05, 0.1) is 0 Å². The third kappa shape index (κ3) is 5.03. The number of primary amides is 1. The molecule has 0 heterocycles. The maximum Gasteiger partial charge on any atom is 0.266 e. The zero-order valence-electron chi connectivity index (χ0n) is 13.3. The molecule has 1 aromatic carbocycles. The zero-order chi connectivity index (χ0) is 15.8. The van der Waals surface area contributed by atoms with Crippen LogP contribution in [0.3, 0.4) is 0 Å². The van der Waals surface area contributed by atoms with Crippen LogP contribution in [0.15, 0.2) is 47.1 Å². The first-order valence-electron chi connectivity index (χ1n) is 7.28. The third-order valence-electron chi connectivity index (χ3n) is 3.41. The second-order valence-electron chi connectivity index (χ2n) is 5.07. The molecule has 1 atom stereocenters. The Bertz CT molecular complexity index is 583. The Labute approximate surface area is 127 Å². The van der Waals surface area contributed by atoms with Crippen LogP contribution in [-0.4, -0.2) is 11.6 Å². The van der Waals surface area contributed by atoms with Crippen molar-refractivity contribution in [2.75, 3.05) is 0 Å². The molecule has 1 rings (SSSR count). The lowest BCUT2D eigenvalue weighted by Gasteiger charge is -2.07. The van der Waals surface area contributed by atoms with E-state index in [0.717, 1.165) is 23.3 Å². The van der Waals surface area contributed by atoms with Gasteiger partial charge in [-0.05, 0) is 25.3 Å². The molecule has 0 saturated carbocycles. The van der Waals surface area contributed by atoms with Crippen molar-refractivity contribution in [1.29, 1.82) is 0 Å². The van der Waals surface area contributed by atoms with Crippen molar-refractivity contribution in [2.45, 2.75) is 34.1 Å². The van der Waals surface area contributed by atoms with Gasteiger partial charge in [-0.25, -0.2) is 4.99 Å². The first-order chi connectivity index (χ1) is 9.99. The fourth-order valence-electron chi connectivity index (χ4n) is 1.88. The Morgan fingerprint density at radius 2 is 2.05 bits per heavy atom. The van der Waals surface area contributed by atoms with E-state index in [1.807, 2.05) is 31.2 Å². The van der Waals surface area contributed by atoms with Crippen molar-refractivity contribution in [2.24, 2.45) is 16.6 Å². The molecule has 0 aliphatic heterocycles. The molecule has 0 fully saturated rings. The fourth-order valence-corrected chi connectivity index (χ4v) is 1.88. The van der Waals surface area contributed by atoms with Crippen molar-refractivity contribution in [3.05, 3.63) is 53.2 Å². The number of carbonyl (C=O) groups is 1. The van der Waals surface area contributed by atoms with Gasteiger partial charge in [0.2, 0.25) is 0 Å². The van der Waals surface area contributed by atoms with E-state index < -0.39 is 5.91 Å². The SMILES string of the molecule is C/C=C(\N=C(C)c1ccccc1/C=C\[C@H](C)CC)C(N)=O. The molecule has 2 N–H and O–H groups in total. The maximum atomic E-state index is 11.3. The van der Waals surface area contributed by atoms with E-state index in [9.17, 15) is 4.79 Å². The molecular weight excluding hydrogens is 260 g/mol. The van der Waals surface area contributed by atoms with Crippen molar-refractivity contribution in [3.63, 3.8) is 0 Å². The molecule has 0 aliphatic rings. The van der Waals surface area contributed by atoms with Crippen LogP contribution in [0.1, 0.15) is 45.2 Å². The van der Waals surface area contributed by atoms with Gasteiger partial charge >= 0.3 is 0 Å². The molecule has 1 amide bonds. The van der Waals surface area contributed by atoms with E-state index >= 15 is 0 Å². The molecule has 3 heteroatoms. The van der Waals surface area contributed by atoms with Crippen LogP contribution < -0.4 is 5.73 Å². The number of nitrogens with two attached hydrogens (primary N) is 1. The minimum Gasteiger partial charge on any atom is -0.364 e. The second-order valence-corrected chi connectivity index (χ2v) is 5.07. The van der Waals surface area contributed by atoms with E-state index in [2.05, 4.69) is 31.0 Å². The first kappa shape index (κ1) is 16.9. The van der Waals surface area contributed by atoms with Crippen LogP contribution in [0.4, 0.5) is 0 Å². The lowest BCUT2D eigenvalue weighted by atomic mass is 10.0. The van der Waals surface area contributed by atoms with Crippen molar-refractivity contribution < 1.29 is 4.79 Å². The highest BCUT2D eigenvalue weighted by Gasteiger charge is 2.06. The molecule has 1 aromatic rings. The molecule has 112 valence electrons. The van der Waals surface area contributed by atoms with Crippen LogP contribution in [0.2, 0.25) is 0 Å². The van der Waals surface area contributed by atoms with Gasteiger partial charge in [0, 0.05) is 11.3 Å².